The van der Waals surface area contributed by atoms with Gasteiger partial charge in [-0.05, 0) is 55.8 Å². The molecular weight excluding hydrogens is 440 g/mol. The van der Waals surface area contributed by atoms with Crippen LogP contribution < -0.4 is 10.1 Å². The summed E-state index contributed by atoms with van der Waals surface area (Å²) >= 11 is 6.27. The van der Waals surface area contributed by atoms with Gasteiger partial charge in [-0.2, -0.15) is 5.10 Å². The van der Waals surface area contributed by atoms with Crippen LogP contribution in [0.15, 0.2) is 48.5 Å². The van der Waals surface area contributed by atoms with Gasteiger partial charge >= 0.3 is 0 Å². The van der Waals surface area contributed by atoms with Crippen LogP contribution in [0.25, 0.3) is 5.69 Å². The second-order valence-electron chi connectivity index (χ2n) is 8.09. The van der Waals surface area contributed by atoms with Crippen molar-refractivity contribution in [3.63, 3.8) is 0 Å². The van der Waals surface area contributed by atoms with E-state index in [2.05, 4.69) is 27.4 Å². The Balaban J connectivity index is 1.46. The number of benzene rings is 2. The zero-order valence-corrected chi connectivity index (χ0v) is 19.9. The predicted molar refractivity (Wildman–Crippen MR) is 129 cm³/mol. The first-order chi connectivity index (χ1) is 16.0. The van der Waals surface area contributed by atoms with Crippen molar-refractivity contribution in [3.05, 3.63) is 76.1 Å². The minimum atomic E-state index is -0.111. The van der Waals surface area contributed by atoms with E-state index in [1.165, 1.54) is 0 Å². The van der Waals surface area contributed by atoms with Crippen LogP contribution in [0.5, 0.6) is 5.75 Å². The largest absolute Gasteiger partial charge is 0.497 e. The molecule has 1 aromatic heterocycles. The molecule has 0 aliphatic carbocycles. The molecule has 8 heteroatoms. The molecule has 1 aliphatic heterocycles. The number of aryl methyl sites for hydroxylation is 1. The van der Waals surface area contributed by atoms with E-state index in [0.29, 0.717) is 30.3 Å². The smallest absolute Gasteiger partial charge is 0.251 e. The molecule has 2 aromatic carbocycles. The van der Waals surface area contributed by atoms with Crippen molar-refractivity contribution in [1.29, 1.82) is 0 Å². The zero-order valence-electron chi connectivity index (χ0n) is 19.2. The number of rotatable bonds is 7. The molecule has 1 saturated heterocycles. The lowest BCUT2D eigenvalue weighted by Gasteiger charge is -2.35. The van der Waals surface area contributed by atoms with Gasteiger partial charge in [0.1, 0.15) is 5.75 Å². The van der Waals surface area contributed by atoms with E-state index in [1.54, 1.807) is 11.8 Å². The van der Waals surface area contributed by atoms with Crippen molar-refractivity contribution in [3.8, 4) is 11.4 Å². The first-order valence-corrected chi connectivity index (χ1v) is 11.4. The van der Waals surface area contributed by atoms with Crippen LogP contribution in [0.4, 0.5) is 0 Å². The van der Waals surface area contributed by atoms with Gasteiger partial charge in [0.05, 0.1) is 48.5 Å². The number of aromatic nitrogens is 2. The number of methoxy groups -OCH3 is 1. The Morgan fingerprint density at radius 2 is 1.79 bits per heavy atom. The highest BCUT2D eigenvalue weighted by Gasteiger charge is 2.23. The van der Waals surface area contributed by atoms with Crippen LogP contribution in [-0.2, 0) is 4.74 Å². The monoisotopic (exact) mass is 468 g/mol. The summed E-state index contributed by atoms with van der Waals surface area (Å²) in [6.07, 6.45) is 0. The molecule has 2 heterocycles. The number of carbonyl (C=O) groups excluding carboxylic acids is 1. The van der Waals surface area contributed by atoms with Gasteiger partial charge in [0.25, 0.3) is 5.91 Å². The number of morpholine rings is 1. The third-order valence-corrected chi connectivity index (χ3v) is 6.57. The van der Waals surface area contributed by atoms with Gasteiger partial charge in [-0.1, -0.05) is 23.7 Å². The van der Waals surface area contributed by atoms with Gasteiger partial charge in [-0.25, -0.2) is 4.68 Å². The zero-order chi connectivity index (χ0) is 23.4. The number of halogens is 1. The minimum Gasteiger partial charge on any atom is -0.497 e. The predicted octanol–water partition coefficient (Wildman–Crippen LogP) is 3.95. The van der Waals surface area contributed by atoms with Crippen LogP contribution >= 0.6 is 11.6 Å². The Kier molecular flexibility index (Phi) is 7.33. The van der Waals surface area contributed by atoms with E-state index in [0.717, 1.165) is 41.5 Å². The van der Waals surface area contributed by atoms with Gasteiger partial charge in [-0.15, -0.1) is 0 Å². The maximum Gasteiger partial charge on any atom is 0.251 e. The Morgan fingerprint density at radius 1 is 1.12 bits per heavy atom. The fraction of sp³-hybridized carbons (Fsp3) is 0.360. The maximum atomic E-state index is 12.9. The van der Waals surface area contributed by atoms with Gasteiger partial charge in [0.15, 0.2) is 0 Å². The Labute approximate surface area is 199 Å². The molecule has 33 heavy (non-hydrogen) atoms. The Hall–Kier alpha value is -2.87. The first kappa shape index (κ1) is 23.3. The molecule has 0 bridgehead atoms. The third kappa shape index (κ3) is 5.21. The molecule has 0 spiro atoms. The summed E-state index contributed by atoms with van der Waals surface area (Å²) in [5, 5.41) is 8.24. The lowest BCUT2D eigenvalue weighted by molar-refractivity contribution is 0.0162. The maximum absolute atomic E-state index is 12.9. The van der Waals surface area contributed by atoms with E-state index < -0.39 is 0 Å². The summed E-state index contributed by atoms with van der Waals surface area (Å²) in [6.45, 7) is 7.34. The van der Waals surface area contributed by atoms with Crippen molar-refractivity contribution in [1.82, 2.24) is 20.0 Å². The van der Waals surface area contributed by atoms with Crippen molar-refractivity contribution >= 4 is 17.5 Å². The summed E-state index contributed by atoms with van der Waals surface area (Å²) in [7, 11) is 1.66. The number of hydrogen-bond donors (Lipinski definition) is 1. The lowest BCUT2D eigenvalue weighted by Crippen LogP contribution is -2.43. The quantitative estimate of drug-likeness (QED) is 0.568. The first-order valence-electron chi connectivity index (χ1n) is 11.0. The molecule has 3 aromatic rings. The minimum absolute atomic E-state index is 0.0554. The molecule has 1 atom stereocenters. The number of ether oxygens (including phenoxy) is 2. The van der Waals surface area contributed by atoms with Gasteiger partial charge in [0, 0.05) is 25.2 Å². The third-order valence-electron chi connectivity index (χ3n) is 6.02. The highest BCUT2D eigenvalue weighted by Crippen LogP contribution is 2.25. The fourth-order valence-corrected chi connectivity index (χ4v) is 4.21. The van der Waals surface area contributed by atoms with E-state index in [4.69, 9.17) is 21.1 Å². The fourth-order valence-electron chi connectivity index (χ4n) is 4.09. The molecule has 1 aliphatic rings. The Bertz CT molecular complexity index is 1090. The Morgan fingerprint density at radius 3 is 2.36 bits per heavy atom. The highest BCUT2D eigenvalue weighted by molar-refractivity contribution is 6.31. The molecular formula is C25H29ClN4O3. The number of nitrogens with one attached hydrogen (secondary N) is 1. The van der Waals surface area contributed by atoms with Gasteiger partial charge in [0.2, 0.25) is 0 Å². The molecule has 4 rings (SSSR count). The van der Waals surface area contributed by atoms with Crippen molar-refractivity contribution < 1.29 is 14.3 Å². The summed E-state index contributed by atoms with van der Waals surface area (Å²) < 4.78 is 12.6. The van der Waals surface area contributed by atoms with Crippen molar-refractivity contribution in [2.45, 2.75) is 19.9 Å². The van der Waals surface area contributed by atoms with Crippen LogP contribution in [0, 0.1) is 13.8 Å². The molecule has 1 amide bonds. The van der Waals surface area contributed by atoms with E-state index in [1.807, 2.05) is 50.2 Å². The topological polar surface area (TPSA) is 68.6 Å². The highest BCUT2D eigenvalue weighted by atomic mass is 35.5. The normalized spacial score (nSPS) is 15.3. The van der Waals surface area contributed by atoms with Gasteiger partial charge < -0.3 is 14.8 Å². The number of carbonyl (C=O) groups is 1. The molecule has 174 valence electrons. The van der Waals surface area contributed by atoms with E-state index in [-0.39, 0.29) is 11.9 Å². The summed E-state index contributed by atoms with van der Waals surface area (Å²) in [4.78, 5) is 15.3. The second kappa shape index (κ2) is 10.4. The number of nitrogens with zero attached hydrogens (tertiary/aromatic N) is 3. The average molecular weight is 469 g/mol. The summed E-state index contributed by atoms with van der Waals surface area (Å²) in [5.41, 5.74) is 4.25. The second-order valence-corrected chi connectivity index (χ2v) is 8.47. The van der Waals surface area contributed by atoms with Crippen LogP contribution in [0.2, 0.25) is 5.02 Å². The van der Waals surface area contributed by atoms with Gasteiger partial charge in [-0.3, -0.25) is 9.69 Å². The lowest BCUT2D eigenvalue weighted by atomic mass is 10.0. The van der Waals surface area contributed by atoms with Crippen LogP contribution in [-0.4, -0.2) is 60.5 Å². The van der Waals surface area contributed by atoms with Crippen LogP contribution in [0.3, 0.4) is 0 Å². The molecule has 1 unspecified atom stereocenters. The molecule has 0 radical (unpaired) electrons. The van der Waals surface area contributed by atoms with E-state index >= 15 is 0 Å². The summed E-state index contributed by atoms with van der Waals surface area (Å²) in [6, 6.07) is 15.5. The molecule has 1 N–H and O–H groups in total. The number of hydrogen-bond acceptors (Lipinski definition) is 5. The average Bonchev–Trinajstić information content (AvgIpc) is 3.12. The summed E-state index contributed by atoms with van der Waals surface area (Å²) in [5.74, 6) is 0.701. The van der Waals surface area contributed by atoms with E-state index in [9.17, 15) is 4.79 Å². The van der Waals surface area contributed by atoms with Crippen molar-refractivity contribution in [2.75, 3.05) is 40.0 Å². The molecule has 0 saturated carbocycles. The number of amides is 1. The SMILES string of the molecule is COc1ccc(C(CNC(=O)c2ccc(-n3nc(C)c(Cl)c3C)cc2)N2CCOCC2)cc1. The molecule has 1 fully saturated rings. The van der Waals surface area contributed by atoms with Crippen LogP contribution in [0.1, 0.15) is 33.4 Å². The standard InChI is InChI=1S/C25H29ClN4O3/c1-17-24(26)18(2)30(28-17)21-8-4-20(5-9-21)25(31)27-16-23(29-12-14-33-15-13-29)19-6-10-22(32-3)11-7-19/h4-11,23H,12-16H2,1-3H3,(H,27,31). The van der Waals surface area contributed by atoms with Crippen molar-refractivity contribution in [2.24, 2.45) is 0 Å². The molecule has 7 nitrogen and oxygen atoms in total.